The Morgan fingerprint density at radius 3 is 1.86 bits per heavy atom. The van der Waals surface area contributed by atoms with Crippen molar-refractivity contribution < 1.29 is 69.8 Å². The zero-order valence-corrected chi connectivity index (χ0v) is 13.7. The smallest absolute Gasteiger partial charge is 0 e. The second-order valence-electron chi connectivity index (χ2n) is 2.25. The molecule has 0 saturated carbocycles. The molecule has 0 amide bonds. The molecule has 0 aliphatic rings. The van der Waals surface area contributed by atoms with Gasteiger partial charge in [-0.15, -0.1) is 25.2 Å². The minimum atomic E-state index is 0. The van der Waals surface area contributed by atoms with Crippen LogP contribution in [0.2, 0.25) is 0 Å². The normalized spacial score (nSPS) is 7.57. The number of hydrogen-bond acceptors (Lipinski definition) is 1. The predicted octanol–water partition coefficient (Wildman–Crippen LogP) is 1.95. The van der Waals surface area contributed by atoms with Crippen LogP contribution in [0.1, 0.15) is 0 Å². The Labute approximate surface area is 136 Å². The predicted molar refractivity (Wildman–Crippen MR) is 48.2 cm³/mol. The van der Waals surface area contributed by atoms with Crippen molar-refractivity contribution in [3.05, 3.63) is 44.2 Å². The van der Waals surface area contributed by atoms with Gasteiger partial charge in [0.2, 0.25) is 0 Å². The summed E-state index contributed by atoms with van der Waals surface area (Å²) in [5, 5.41) is 0. The summed E-state index contributed by atoms with van der Waals surface area (Å²) in [6, 6.07) is 10.8. The molecule has 4 heteroatoms. The van der Waals surface area contributed by atoms with Gasteiger partial charge in [0.05, 0.1) is 0 Å². The molecule has 0 aromatic heterocycles. The van der Waals surface area contributed by atoms with Gasteiger partial charge in [-0.1, -0.05) is 5.69 Å². The summed E-state index contributed by atoms with van der Waals surface area (Å²) in [7, 11) is 0. The Morgan fingerprint density at radius 2 is 1.50 bits per heavy atom. The van der Waals surface area contributed by atoms with Crippen LogP contribution in [0.15, 0.2) is 24.3 Å². The molecule has 0 aliphatic carbocycles. The van der Waals surface area contributed by atoms with Crippen LogP contribution >= 0.6 is 0 Å². The van der Waals surface area contributed by atoms with Crippen molar-refractivity contribution in [2.24, 2.45) is 0 Å². The molecule has 73 valence electrons. The third-order valence-electron chi connectivity index (χ3n) is 1.61. The molecule has 1 rings (SSSR count). The van der Waals surface area contributed by atoms with Crippen molar-refractivity contribution in [3.8, 4) is 0 Å². The van der Waals surface area contributed by atoms with Crippen LogP contribution in [0.25, 0.3) is 0 Å². The van der Waals surface area contributed by atoms with Crippen molar-refractivity contribution in [2.75, 3.05) is 18.0 Å². The van der Waals surface area contributed by atoms with Crippen molar-refractivity contribution in [3.63, 3.8) is 0 Å². The summed E-state index contributed by atoms with van der Waals surface area (Å²) in [6.45, 7) is 9.13. The van der Waals surface area contributed by atoms with Crippen LogP contribution in [0.3, 0.4) is 0 Å². The van der Waals surface area contributed by atoms with Gasteiger partial charge in [0, 0.05) is 69.8 Å². The van der Waals surface area contributed by atoms with E-state index in [0.717, 1.165) is 18.8 Å². The van der Waals surface area contributed by atoms with E-state index >= 15 is 0 Å². The van der Waals surface area contributed by atoms with Gasteiger partial charge in [0.1, 0.15) is 0 Å². The number of benzene rings is 1. The van der Waals surface area contributed by atoms with Gasteiger partial charge in [0.25, 0.3) is 0 Å². The molecule has 3 radical (unpaired) electrons. The van der Waals surface area contributed by atoms with E-state index in [1.54, 1.807) is 0 Å². The van der Waals surface area contributed by atoms with E-state index in [9.17, 15) is 0 Å². The van der Waals surface area contributed by atoms with E-state index in [2.05, 4.69) is 24.8 Å². The molecule has 14 heavy (non-hydrogen) atoms. The van der Waals surface area contributed by atoms with Crippen LogP contribution in [-0.2, 0) is 69.8 Å². The standard InChI is InChI=1S/C10H12N.2V.Y/c1-3-11(4-2)10-8-6-5-7-9-10;;;/h6-9H,1-4H2;;;/q-3;;;. The molecule has 1 aromatic rings. The Kier molecular flexibility index (Phi) is 18.3. The summed E-state index contributed by atoms with van der Waals surface area (Å²) in [5.74, 6) is 0. The summed E-state index contributed by atoms with van der Waals surface area (Å²) in [6.07, 6.45) is 0. The third kappa shape index (κ3) is 6.72. The Hall–Kier alpha value is 1.29. The fourth-order valence-corrected chi connectivity index (χ4v) is 0.959. The van der Waals surface area contributed by atoms with Crippen LogP contribution in [0.5, 0.6) is 0 Å². The molecule has 0 aliphatic heterocycles. The molecule has 0 saturated heterocycles. The molecular weight excluding hydrogens is 325 g/mol. The Balaban J connectivity index is -0.000000403. The number of hydrogen-bond donors (Lipinski definition) is 0. The fourth-order valence-electron chi connectivity index (χ4n) is 0.959. The minimum absolute atomic E-state index is 0. The quantitative estimate of drug-likeness (QED) is 0.763. The van der Waals surface area contributed by atoms with Gasteiger partial charge in [-0.2, -0.15) is 18.2 Å². The molecule has 0 N–H and O–H groups in total. The number of anilines is 1. The van der Waals surface area contributed by atoms with Crippen LogP contribution in [0.4, 0.5) is 5.69 Å². The first-order valence-electron chi connectivity index (χ1n) is 3.68. The molecule has 1 nitrogen and oxygen atoms in total. The van der Waals surface area contributed by atoms with Gasteiger partial charge < -0.3 is 18.7 Å². The summed E-state index contributed by atoms with van der Waals surface area (Å²) < 4.78 is 0. The van der Waals surface area contributed by atoms with Crippen molar-refractivity contribution >= 4 is 5.69 Å². The van der Waals surface area contributed by atoms with E-state index in [1.165, 1.54) is 0 Å². The molecular formula is C10H12NV2Y-3. The van der Waals surface area contributed by atoms with Crippen molar-refractivity contribution in [1.82, 2.24) is 0 Å². The SMILES string of the molecule is [CH2-]CN(C[CH2-])c1cc[c-]cc1.[V].[V].[Y]. The topological polar surface area (TPSA) is 3.24 Å². The molecule has 0 bridgehead atoms. The molecule has 0 atom stereocenters. The van der Waals surface area contributed by atoms with Gasteiger partial charge in [0.15, 0.2) is 0 Å². The van der Waals surface area contributed by atoms with Gasteiger partial charge >= 0.3 is 0 Å². The van der Waals surface area contributed by atoms with E-state index < -0.39 is 0 Å². The van der Waals surface area contributed by atoms with E-state index in [4.69, 9.17) is 0 Å². The fraction of sp³-hybridized carbons (Fsp3) is 0.200. The average molecular weight is 337 g/mol. The third-order valence-corrected chi connectivity index (χ3v) is 1.61. The number of rotatable bonds is 3. The zero-order chi connectivity index (χ0) is 8.10. The van der Waals surface area contributed by atoms with E-state index in [-0.39, 0.29) is 69.8 Å². The second kappa shape index (κ2) is 12.4. The Bertz CT molecular complexity index is 203. The molecule has 0 fully saturated rings. The maximum absolute atomic E-state index is 3.81. The minimum Gasteiger partial charge on any atom is -0.452 e. The molecule has 1 aromatic carbocycles. The molecule has 0 spiro atoms. The van der Waals surface area contributed by atoms with E-state index in [0.29, 0.717) is 0 Å². The first-order valence-corrected chi connectivity index (χ1v) is 3.68. The first kappa shape index (κ1) is 20.7. The van der Waals surface area contributed by atoms with E-state index in [1.807, 2.05) is 24.3 Å². The Morgan fingerprint density at radius 1 is 1.07 bits per heavy atom. The van der Waals surface area contributed by atoms with Gasteiger partial charge in [-0.05, 0) is 0 Å². The monoisotopic (exact) mass is 337 g/mol. The molecule has 0 heterocycles. The largest absolute Gasteiger partial charge is 0.452 e. The summed E-state index contributed by atoms with van der Waals surface area (Å²) in [4.78, 5) is 2.09. The van der Waals surface area contributed by atoms with Gasteiger partial charge in [-0.3, -0.25) is 0 Å². The van der Waals surface area contributed by atoms with Gasteiger partial charge in [-0.25, -0.2) is 0 Å². The van der Waals surface area contributed by atoms with Crippen LogP contribution in [-0.4, -0.2) is 13.1 Å². The zero-order valence-electron chi connectivity index (χ0n) is 8.06. The van der Waals surface area contributed by atoms with Crippen LogP contribution in [0, 0.1) is 19.9 Å². The summed E-state index contributed by atoms with van der Waals surface area (Å²) in [5.41, 5.74) is 1.16. The number of nitrogens with zero attached hydrogens (tertiary/aromatic N) is 1. The molecule has 0 unspecified atom stereocenters. The maximum atomic E-state index is 3.81. The van der Waals surface area contributed by atoms with Crippen molar-refractivity contribution in [2.45, 2.75) is 0 Å². The average Bonchev–Trinajstić information content (AvgIpc) is 2.09. The second-order valence-corrected chi connectivity index (χ2v) is 2.25. The maximum Gasteiger partial charge on any atom is 0 e. The van der Waals surface area contributed by atoms with Crippen LogP contribution < -0.4 is 4.90 Å². The summed E-state index contributed by atoms with van der Waals surface area (Å²) >= 11 is 0. The van der Waals surface area contributed by atoms with Crippen molar-refractivity contribution in [1.29, 1.82) is 0 Å². The first-order chi connectivity index (χ1) is 5.38.